The van der Waals surface area contributed by atoms with Gasteiger partial charge in [0.15, 0.2) is 0 Å². The van der Waals surface area contributed by atoms with Crippen molar-refractivity contribution < 1.29 is 4.79 Å². The summed E-state index contributed by atoms with van der Waals surface area (Å²) in [7, 11) is 0. The normalized spacial score (nSPS) is 10.7. The molecule has 0 aliphatic heterocycles. The van der Waals surface area contributed by atoms with Crippen LogP contribution in [-0.4, -0.2) is 12.3 Å². The highest BCUT2D eigenvalue weighted by atomic mass is 16.1. The summed E-state index contributed by atoms with van der Waals surface area (Å²) < 4.78 is 0. The molecular formula is C13H19NO. The second-order valence-electron chi connectivity index (χ2n) is 4.15. The van der Waals surface area contributed by atoms with E-state index >= 15 is 0 Å². The molecule has 2 N–H and O–H groups in total. The van der Waals surface area contributed by atoms with Crippen molar-refractivity contribution in [2.75, 3.05) is 6.54 Å². The number of rotatable bonds is 5. The zero-order valence-corrected chi connectivity index (χ0v) is 9.49. The lowest BCUT2D eigenvalue weighted by atomic mass is 10.00. The van der Waals surface area contributed by atoms with Gasteiger partial charge >= 0.3 is 0 Å². The third-order valence-electron chi connectivity index (χ3n) is 2.48. The SMILES string of the molecule is CC(C)C(=O)Cc1ccc(CCN)cc1. The molecular weight excluding hydrogens is 186 g/mol. The quantitative estimate of drug-likeness (QED) is 0.798. The molecule has 0 atom stereocenters. The number of benzene rings is 1. The van der Waals surface area contributed by atoms with Crippen molar-refractivity contribution in [3.8, 4) is 0 Å². The fraction of sp³-hybridized carbons (Fsp3) is 0.462. The number of Topliss-reactive ketones (excluding diaryl/α,β-unsaturated/α-hetero) is 1. The average Bonchev–Trinajstić information content (AvgIpc) is 2.21. The molecule has 0 aromatic heterocycles. The molecule has 1 aromatic carbocycles. The van der Waals surface area contributed by atoms with Crippen molar-refractivity contribution in [3.05, 3.63) is 35.4 Å². The molecule has 0 bridgehead atoms. The van der Waals surface area contributed by atoms with Gasteiger partial charge in [0.25, 0.3) is 0 Å². The summed E-state index contributed by atoms with van der Waals surface area (Å²) in [4.78, 5) is 11.5. The lowest BCUT2D eigenvalue weighted by molar-refractivity contribution is -0.121. The highest BCUT2D eigenvalue weighted by Gasteiger charge is 2.07. The Bertz CT molecular complexity index is 314. The van der Waals surface area contributed by atoms with Crippen LogP contribution in [0.1, 0.15) is 25.0 Å². The van der Waals surface area contributed by atoms with Crippen molar-refractivity contribution in [1.29, 1.82) is 0 Å². The van der Waals surface area contributed by atoms with Gasteiger partial charge in [0.2, 0.25) is 0 Å². The van der Waals surface area contributed by atoms with Gasteiger partial charge in [-0.25, -0.2) is 0 Å². The molecule has 0 amide bonds. The predicted molar refractivity (Wildman–Crippen MR) is 62.7 cm³/mol. The van der Waals surface area contributed by atoms with Crippen molar-refractivity contribution >= 4 is 5.78 Å². The van der Waals surface area contributed by atoms with Crippen LogP contribution in [0.15, 0.2) is 24.3 Å². The lowest BCUT2D eigenvalue weighted by Gasteiger charge is -2.05. The lowest BCUT2D eigenvalue weighted by Crippen LogP contribution is -2.10. The van der Waals surface area contributed by atoms with Crippen molar-refractivity contribution in [3.63, 3.8) is 0 Å². The summed E-state index contributed by atoms with van der Waals surface area (Å²) in [5.41, 5.74) is 7.79. The topological polar surface area (TPSA) is 43.1 Å². The molecule has 0 fully saturated rings. The van der Waals surface area contributed by atoms with E-state index in [0.29, 0.717) is 18.7 Å². The second kappa shape index (κ2) is 5.66. The average molecular weight is 205 g/mol. The van der Waals surface area contributed by atoms with Gasteiger partial charge in [-0.3, -0.25) is 4.79 Å². The first-order valence-electron chi connectivity index (χ1n) is 5.44. The highest BCUT2D eigenvalue weighted by Crippen LogP contribution is 2.08. The van der Waals surface area contributed by atoms with Gasteiger partial charge in [-0.05, 0) is 24.1 Å². The largest absolute Gasteiger partial charge is 0.330 e. The van der Waals surface area contributed by atoms with Crippen LogP contribution < -0.4 is 5.73 Å². The van der Waals surface area contributed by atoms with E-state index in [1.165, 1.54) is 5.56 Å². The maximum absolute atomic E-state index is 11.5. The van der Waals surface area contributed by atoms with Crippen LogP contribution in [0.3, 0.4) is 0 Å². The molecule has 15 heavy (non-hydrogen) atoms. The van der Waals surface area contributed by atoms with Crippen molar-refractivity contribution in [1.82, 2.24) is 0 Å². The Morgan fingerprint density at radius 1 is 1.20 bits per heavy atom. The van der Waals surface area contributed by atoms with E-state index in [4.69, 9.17) is 5.73 Å². The Balaban J connectivity index is 2.60. The van der Waals surface area contributed by atoms with Gasteiger partial charge in [-0.15, -0.1) is 0 Å². The minimum absolute atomic E-state index is 0.119. The number of hydrogen-bond donors (Lipinski definition) is 1. The van der Waals surface area contributed by atoms with Crippen molar-refractivity contribution in [2.24, 2.45) is 11.7 Å². The van der Waals surface area contributed by atoms with Crippen LogP contribution >= 0.6 is 0 Å². The molecule has 0 aliphatic carbocycles. The van der Waals surface area contributed by atoms with E-state index in [-0.39, 0.29) is 5.92 Å². The van der Waals surface area contributed by atoms with Gasteiger partial charge in [-0.2, -0.15) is 0 Å². The Hall–Kier alpha value is -1.15. The fourth-order valence-electron chi connectivity index (χ4n) is 1.40. The molecule has 0 saturated heterocycles. The first-order valence-corrected chi connectivity index (χ1v) is 5.44. The molecule has 2 heteroatoms. The van der Waals surface area contributed by atoms with Crippen molar-refractivity contribution in [2.45, 2.75) is 26.7 Å². The number of hydrogen-bond acceptors (Lipinski definition) is 2. The van der Waals surface area contributed by atoms with E-state index in [9.17, 15) is 4.79 Å². The summed E-state index contributed by atoms with van der Waals surface area (Å²) in [6.45, 7) is 4.54. The first-order chi connectivity index (χ1) is 7.13. The number of carbonyl (C=O) groups excluding carboxylic acids is 1. The van der Waals surface area contributed by atoms with E-state index < -0.39 is 0 Å². The second-order valence-corrected chi connectivity index (χ2v) is 4.15. The number of nitrogens with two attached hydrogens (primary N) is 1. The van der Waals surface area contributed by atoms with E-state index in [1.54, 1.807) is 0 Å². The van der Waals surface area contributed by atoms with Gasteiger partial charge in [0, 0.05) is 12.3 Å². The summed E-state index contributed by atoms with van der Waals surface area (Å²) in [6, 6.07) is 8.14. The van der Waals surface area contributed by atoms with E-state index in [1.807, 2.05) is 26.0 Å². The minimum Gasteiger partial charge on any atom is -0.330 e. The summed E-state index contributed by atoms with van der Waals surface area (Å²) in [5.74, 6) is 0.412. The van der Waals surface area contributed by atoms with Crippen LogP contribution in [0, 0.1) is 5.92 Å². The fourth-order valence-corrected chi connectivity index (χ4v) is 1.40. The van der Waals surface area contributed by atoms with Gasteiger partial charge in [0.1, 0.15) is 5.78 Å². The Morgan fingerprint density at radius 2 is 1.73 bits per heavy atom. The smallest absolute Gasteiger partial charge is 0.139 e. The van der Waals surface area contributed by atoms with Crippen LogP contribution in [0.25, 0.3) is 0 Å². The Labute approximate surface area is 91.5 Å². The van der Waals surface area contributed by atoms with Crippen LogP contribution in [0.4, 0.5) is 0 Å². The van der Waals surface area contributed by atoms with E-state index in [2.05, 4.69) is 12.1 Å². The van der Waals surface area contributed by atoms with Crippen LogP contribution in [0.2, 0.25) is 0 Å². The molecule has 0 aliphatic rings. The van der Waals surface area contributed by atoms with Gasteiger partial charge < -0.3 is 5.73 Å². The zero-order chi connectivity index (χ0) is 11.3. The Kier molecular flexibility index (Phi) is 4.50. The molecule has 2 nitrogen and oxygen atoms in total. The minimum atomic E-state index is 0.119. The third kappa shape index (κ3) is 3.84. The zero-order valence-electron chi connectivity index (χ0n) is 9.49. The summed E-state index contributed by atoms with van der Waals surface area (Å²) in [6.07, 6.45) is 1.44. The van der Waals surface area contributed by atoms with Gasteiger partial charge in [-0.1, -0.05) is 38.1 Å². The van der Waals surface area contributed by atoms with Crippen LogP contribution in [0.5, 0.6) is 0 Å². The van der Waals surface area contributed by atoms with Gasteiger partial charge in [0.05, 0.1) is 0 Å². The molecule has 0 radical (unpaired) electrons. The highest BCUT2D eigenvalue weighted by molar-refractivity contribution is 5.82. The maximum Gasteiger partial charge on any atom is 0.139 e. The summed E-state index contributed by atoms with van der Waals surface area (Å²) in [5, 5.41) is 0. The van der Waals surface area contributed by atoms with Crippen LogP contribution in [-0.2, 0) is 17.6 Å². The first kappa shape index (κ1) is 11.9. The van der Waals surface area contributed by atoms with E-state index in [0.717, 1.165) is 12.0 Å². The number of carbonyl (C=O) groups is 1. The third-order valence-corrected chi connectivity index (χ3v) is 2.48. The maximum atomic E-state index is 11.5. The molecule has 0 unspecified atom stereocenters. The molecule has 1 rings (SSSR count). The molecule has 0 spiro atoms. The number of ketones is 1. The monoisotopic (exact) mass is 205 g/mol. The predicted octanol–water partition coefficient (Wildman–Crippen LogP) is 1.96. The Morgan fingerprint density at radius 3 is 2.20 bits per heavy atom. The molecule has 82 valence electrons. The summed E-state index contributed by atoms with van der Waals surface area (Å²) >= 11 is 0. The molecule has 0 heterocycles. The molecule has 0 saturated carbocycles. The standard InChI is InChI=1S/C13H19NO/c1-10(2)13(15)9-12-5-3-11(4-6-12)7-8-14/h3-6,10H,7-9,14H2,1-2H3. The molecule has 1 aromatic rings.